The van der Waals surface area contributed by atoms with E-state index in [4.69, 9.17) is 5.73 Å². The third-order valence-electron chi connectivity index (χ3n) is 3.23. The van der Waals surface area contributed by atoms with Crippen LogP contribution in [0.2, 0.25) is 0 Å². The summed E-state index contributed by atoms with van der Waals surface area (Å²) in [6.07, 6.45) is 0. The van der Waals surface area contributed by atoms with Crippen molar-refractivity contribution in [1.29, 1.82) is 0 Å². The second-order valence-corrected chi connectivity index (χ2v) is 6.24. The van der Waals surface area contributed by atoms with Crippen LogP contribution in [0.15, 0.2) is 46.9 Å². The van der Waals surface area contributed by atoms with Gasteiger partial charge in [0.25, 0.3) is 5.91 Å². The normalized spacial score (nSPS) is 11.2. The van der Waals surface area contributed by atoms with Gasteiger partial charge in [0.2, 0.25) is 0 Å². The maximum Gasteiger partial charge on any atom is 0.254 e. The number of rotatable bonds is 3. The van der Waals surface area contributed by atoms with Crippen LogP contribution in [0.3, 0.4) is 0 Å². The van der Waals surface area contributed by atoms with Crippen LogP contribution < -0.4 is 11.1 Å². The second-order valence-electron chi connectivity index (χ2n) is 5.33. The standard InChI is InChI=1S/C16H16BrFN2O/c1-16(2,10-3-5-11(17)6-4-10)20-15(21)13-8-7-12(19)9-14(13)18/h3-9H,19H2,1-2H3,(H,20,21). The number of carbonyl (C=O) groups excluding carboxylic acids is 1. The summed E-state index contributed by atoms with van der Waals surface area (Å²) >= 11 is 3.37. The van der Waals surface area contributed by atoms with Gasteiger partial charge in [-0.2, -0.15) is 0 Å². The van der Waals surface area contributed by atoms with E-state index in [1.54, 1.807) is 0 Å². The number of amides is 1. The Balaban J connectivity index is 2.23. The summed E-state index contributed by atoms with van der Waals surface area (Å²) in [6.45, 7) is 3.73. The van der Waals surface area contributed by atoms with Crippen molar-refractivity contribution in [3.8, 4) is 0 Å². The molecule has 0 atom stereocenters. The zero-order chi connectivity index (χ0) is 15.6. The highest BCUT2D eigenvalue weighted by Gasteiger charge is 2.24. The van der Waals surface area contributed by atoms with Crippen molar-refractivity contribution in [3.63, 3.8) is 0 Å². The van der Waals surface area contributed by atoms with Crippen LogP contribution in [0, 0.1) is 5.82 Å². The van der Waals surface area contributed by atoms with Crippen LogP contribution in [-0.4, -0.2) is 5.91 Å². The summed E-state index contributed by atoms with van der Waals surface area (Å²) in [5, 5.41) is 2.83. The van der Waals surface area contributed by atoms with Crippen LogP contribution in [0.25, 0.3) is 0 Å². The molecule has 0 heterocycles. The van der Waals surface area contributed by atoms with E-state index in [-0.39, 0.29) is 11.3 Å². The SMILES string of the molecule is CC(C)(NC(=O)c1ccc(N)cc1F)c1ccc(Br)cc1. The summed E-state index contributed by atoms with van der Waals surface area (Å²) in [5.74, 6) is -1.10. The first-order chi connectivity index (χ1) is 9.79. The Bertz CT molecular complexity index is 668. The highest BCUT2D eigenvalue weighted by atomic mass is 79.9. The van der Waals surface area contributed by atoms with Crippen LogP contribution in [0.5, 0.6) is 0 Å². The lowest BCUT2D eigenvalue weighted by Crippen LogP contribution is -2.41. The van der Waals surface area contributed by atoms with Crippen LogP contribution in [0.1, 0.15) is 29.8 Å². The van der Waals surface area contributed by atoms with Gasteiger partial charge in [-0.25, -0.2) is 4.39 Å². The van der Waals surface area contributed by atoms with Gasteiger partial charge in [-0.3, -0.25) is 4.79 Å². The largest absolute Gasteiger partial charge is 0.399 e. The number of hydrogen-bond donors (Lipinski definition) is 2. The molecule has 2 aromatic carbocycles. The van der Waals surface area contributed by atoms with Crippen molar-refractivity contribution in [3.05, 3.63) is 63.9 Å². The Morgan fingerprint density at radius 2 is 1.81 bits per heavy atom. The average molecular weight is 351 g/mol. The van der Waals surface area contributed by atoms with Gasteiger partial charge in [-0.1, -0.05) is 28.1 Å². The first-order valence-electron chi connectivity index (χ1n) is 6.43. The molecule has 5 heteroatoms. The van der Waals surface area contributed by atoms with Crippen molar-refractivity contribution < 1.29 is 9.18 Å². The molecule has 2 rings (SSSR count). The fourth-order valence-corrected chi connectivity index (χ4v) is 2.27. The zero-order valence-electron chi connectivity index (χ0n) is 11.8. The second kappa shape index (κ2) is 5.85. The smallest absolute Gasteiger partial charge is 0.254 e. The van der Waals surface area contributed by atoms with Crippen molar-refractivity contribution in [2.45, 2.75) is 19.4 Å². The Hall–Kier alpha value is -1.88. The van der Waals surface area contributed by atoms with Crippen molar-refractivity contribution in [2.24, 2.45) is 0 Å². The molecule has 110 valence electrons. The molecule has 1 amide bonds. The van der Waals surface area contributed by atoms with E-state index in [2.05, 4.69) is 21.2 Å². The van der Waals surface area contributed by atoms with Crippen molar-refractivity contribution >= 4 is 27.5 Å². The summed E-state index contributed by atoms with van der Waals surface area (Å²) in [5.41, 5.74) is 6.06. The predicted octanol–water partition coefficient (Wildman–Crippen LogP) is 3.84. The van der Waals surface area contributed by atoms with Crippen molar-refractivity contribution in [2.75, 3.05) is 5.73 Å². The highest BCUT2D eigenvalue weighted by Crippen LogP contribution is 2.23. The number of anilines is 1. The average Bonchev–Trinajstić information content (AvgIpc) is 2.38. The topological polar surface area (TPSA) is 55.1 Å². The first kappa shape index (κ1) is 15.5. The highest BCUT2D eigenvalue weighted by molar-refractivity contribution is 9.10. The number of nitrogen functional groups attached to an aromatic ring is 1. The summed E-state index contributed by atoms with van der Waals surface area (Å²) in [4.78, 5) is 12.2. The van der Waals surface area contributed by atoms with Gasteiger partial charge in [0.15, 0.2) is 0 Å². The maximum absolute atomic E-state index is 13.8. The molecule has 2 aromatic rings. The molecule has 21 heavy (non-hydrogen) atoms. The van der Waals surface area contributed by atoms with E-state index in [1.165, 1.54) is 12.1 Å². The molecule has 0 unspecified atom stereocenters. The Morgan fingerprint density at radius 1 is 1.19 bits per heavy atom. The molecule has 0 bridgehead atoms. The van der Waals surface area contributed by atoms with Gasteiger partial charge in [-0.05, 0) is 49.7 Å². The fourth-order valence-electron chi connectivity index (χ4n) is 2.01. The van der Waals surface area contributed by atoms with E-state index >= 15 is 0 Å². The quantitative estimate of drug-likeness (QED) is 0.826. The lowest BCUT2D eigenvalue weighted by molar-refractivity contribution is 0.0908. The number of nitrogens with two attached hydrogens (primary N) is 1. The van der Waals surface area contributed by atoms with Gasteiger partial charge in [0.1, 0.15) is 5.82 Å². The molecular formula is C16H16BrFN2O. The minimum atomic E-state index is -0.626. The molecule has 0 aromatic heterocycles. The van der Waals surface area contributed by atoms with Crippen LogP contribution in [0.4, 0.5) is 10.1 Å². The molecule has 3 N–H and O–H groups in total. The third-order valence-corrected chi connectivity index (χ3v) is 3.76. The summed E-state index contributed by atoms with van der Waals surface area (Å²) in [6, 6.07) is 11.6. The Kier molecular flexibility index (Phi) is 4.32. The molecule has 3 nitrogen and oxygen atoms in total. The fraction of sp³-hybridized carbons (Fsp3) is 0.188. The number of halogens is 2. The van der Waals surface area contributed by atoms with E-state index in [1.807, 2.05) is 38.1 Å². The van der Waals surface area contributed by atoms with Gasteiger partial charge in [0.05, 0.1) is 11.1 Å². The number of benzene rings is 2. The molecule has 0 saturated heterocycles. The Morgan fingerprint density at radius 3 is 2.38 bits per heavy atom. The number of hydrogen-bond acceptors (Lipinski definition) is 2. The maximum atomic E-state index is 13.8. The Labute approximate surface area is 131 Å². The lowest BCUT2D eigenvalue weighted by Gasteiger charge is -2.27. The predicted molar refractivity (Wildman–Crippen MR) is 85.4 cm³/mol. The molecule has 0 aliphatic heterocycles. The van der Waals surface area contributed by atoms with E-state index in [0.29, 0.717) is 0 Å². The molecule has 0 radical (unpaired) electrons. The summed E-state index contributed by atoms with van der Waals surface area (Å²) in [7, 11) is 0. The number of nitrogens with one attached hydrogen (secondary N) is 1. The van der Waals surface area contributed by atoms with Crippen molar-refractivity contribution in [1.82, 2.24) is 5.32 Å². The lowest BCUT2D eigenvalue weighted by atomic mass is 9.94. The van der Waals surface area contributed by atoms with Gasteiger partial charge < -0.3 is 11.1 Å². The van der Waals surface area contributed by atoms with E-state index in [9.17, 15) is 9.18 Å². The zero-order valence-corrected chi connectivity index (χ0v) is 13.4. The van der Waals surface area contributed by atoms with E-state index in [0.717, 1.165) is 16.1 Å². The van der Waals surface area contributed by atoms with Crippen LogP contribution in [-0.2, 0) is 5.54 Å². The molecule has 0 aliphatic rings. The molecule has 0 aliphatic carbocycles. The molecular weight excluding hydrogens is 335 g/mol. The molecule has 0 spiro atoms. The minimum Gasteiger partial charge on any atom is -0.399 e. The van der Waals surface area contributed by atoms with Gasteiger partial charge in [0, 0.05) is 10.2 Å². The number of carbonyl (C=O) groups is 1. The van der Waals surface area contributed by atoms with E-state index < -0.39 is 17.3 Å². The van der Waals surface area contributed by atoms with Crippen LogP contribution >= 0.6 is 15.9 Å². The summed E-state index contributed by atoms with van der Waals surface area (Å²) < 4.78 is 14.7. The molecule has 0 saturated carbocycles. The third kappa shape index (κ3) is 3.61. The molecule has 0 fully saturated rings. The first-order valence-corrected chi connectivity index (χ1v) is 7.22. The monoisotopic (exact) mass is 350 g/mol. The minimum absolute atomic E-state index is 0.0191. The van der Waals surface area contributed by atoms with Gasteiger partial charge in [-0.15, -0.1) is 0 Å². The van der Waals surface area contributed by atoms with Gasteiger partial charge >= 0.3 is 0 Å².